The minimum absolute atomic E-state index is 0.693. The fourth-order valence-electron chi connectivity index (χ4n) is 1.83. The van der Waals surface area contributed by atoms with Crippen LogP contribution in [0.1, 0.15) is 19.4 Å². The normalized spacial score (nSPS) is 11.1. The molecule has 1 aromatic heterocycles. The van der Waals surface area contributed by atoms with Gasteiger partial charge in [0.1, 0.15) is 5.82 Å². The Kier molecular flexibility index (Phi) is 7.17. The van der Waals surface area contributed by atoms with Crippen LogP contribution in [0.25, 0.3) is 0 Å². The fourth-order valence-corrected chi connectivity index (χ4v) is 1.83. The quantitative estimate of drug-likeness (QED) is 0.452. The van der Waals surface area contributed by atoms with Crippen molar-refractivity contribution in [3.63, 3.8) is 0 Å². The van der Waals surface area contributed by atoms with Crippen molar-refractivity contribution in [2.24, 2.45) is 4.99 Å². The Hall–Kier alpha value is -2.04. The molecule has 0 saturated heterocycles. The summed E-state index contributed by atoms with van der Waals surface area (Å²) in [5.74, 6) is 1.78. The molecule has 5 nitrogen and oxygen atoms in total. The van der Waals surface area contributed by atoms with Gasteiger partial charge in [-0.1, -0.05) is 12.1 Å². The Morgan fingerprint density at radius 1 is 1.35 bits per heavy atom. The first-order valence-electron chi connectivity index (χ1n) is 7.00. The first-order valence-corrected chi connectivity index (χ1v) is 7.00. The van der Waals surface area contributed by atoms with Gasteiger partial charge in [-0.25, -0.2) is 4.98 Å². The summed E-state index contributed by atoms with van der Waals surface area (Å²) < 4.78 is 0. The van der Waals surface area contributed by atoms with Gasteiger partial charge in [0.2, 0.25) is 0 Å². The molecule has 1 aromatic rings. The Balaban J connectivity index is 2.55. The van der Waals surface area contributed by atoms with Gasteiger partial charge in [0.25, 0.3) is 0 Å². The molecule has 0 radical (unpaired) electrons. The molecule has 0 aliphatic heterocycles. The van der Waals surface area contributed by atoms with E-state index in [1.54, 1.807) is 13.1 Å². The maximum absolute atomic E-state index is 4.50. The van der Waals surface area contributed by atoms with Crippen molar-refractivity contribution >= 4 is 11.8 Å². The highest BCUT2D eigenvalue weighted by atomic mass is 15.2. The van der Waals surface area contributed by atoms with Gasteiger partial charge in [0, 0.05) is 39.4 Å². The number of rotatable bonds is 7. The van der Waals surface area contributed by atoms with Crippen LogP contribution < -0.4 is 15.5 Å². The SMILES string of the molecule is C=CCNC(=NC)NCc1ccc(N(CC)CC)nc1. The van der Waals surface area contributed by atoms with Crippen LogP contribution in [0.5, 0.6) is 0 Å². The number of hydrogen-bond donors (Lipinski definition) is 2. The van der Waals surface area contributed by atoms with Crippen LogP contribution in [0.4, 0.5) is 5.82 Å². The zero-order chi connectivity index (χ0) is 14.8. The van der Waals surface area contributed by atoms with Crippen molar-refractivity contribution in [1.29, 1.82) is 0 Å². The van der Waals surface area contributed by atoms with Crippen molar-refractivity contribution in [1.82, 2.24) is 15.6 Å². The number of hydrogen-bond acceptors (Lipinski definition) is 3. The summed E-state index contributed by atoms with van der Waals surface area (Å²) in [5.41, 5.74) is 1.13. The van der Waals surface area contributed by atoms with Crippen LogP contribution in [-0.4, -0.2) is 37.6 Å². The Morgan fingerprint density at radius 3 is 2.60 bits per heavy atom. The monoisotopic (exact) mass is 275 g/mol. The van der Waals surface area contributed by atoms with Gasteiger partial charge >= 0.3 is 0 Å². The van der Waals surface area contributed by atoms with Gasteiger partial charge in [-0.15, -0.1) is 6.58 Å². The molecule has 0 atom stereocenters. The Morgan fingerprint density at radius 2 is 2.10 bits per heavy atom. The van der Waals surface area contributed by atoms with Crippen molar-refractivity contribution in [2.45, 2.75) is 20.4 Å². The van der Waals surface area contributed by atoms with Gasteiger partial charge in [-0.2, -0.15) is 0 Å². The molecule has 2 N–H and O–H groups in total. The van der Waals surface area contributed by atoms with Gasteiger partial charge < -0.3 is 15.5 Å². The van der Waals surface area contributed by atoms with Gasteiger partial charge in [0.15, 0.2) is 5.96 Å². The lowest BCUT2D eigenvalue weighted by Gasteiger charge is -2.19. The van der Waals surface area contributed by atoms with Crippen LogP contribution >= 0.6 is 0 Å². The highest BCUT2D eigenvalue weighted by molar-refractivity contribution is 5.79. The predicted octanol–water partition coefficient (Wildman–Crippen LogP) is 1.78. The van der Waals surface area contributed by atoms with E-state index >= 15 is 0 Å². The summed E-state index contributed by atoms with van der Waals surface area (Å²) in [6, 6.07) is 4.15. The number of nitrogens with zero attached hydrogens (tertiary/aromatic N) is 3. The van der Waals surface area contributed by atoms with Gasteiger partial charge in [-0.05, 0) is 25.5 Å². The number of aromatic nitrogens is 1. The first-order chi connectivity index (χ1) is 9.74. The van der Waals surface area contributed by atoms with Crippen molar-refractivity contribution in [3.8, 4) is 0 Å². The third kappa shape index (κ3) is 4.91. The van der Waals surface area contributed by atoms with E-state index in [2.05, 4.69) is 58.1 Å². The lowest BCUT2D eigenvalue weighted by atomic mass is 10.2. The molecule has 0 unspecified atom stereocenters. The number of nitrogens with one attached hydrogen (secondary N) is 2. The molecular weight excluding hydrogens is 250 g/mol. The zero-order valence-corrected chi connectivity index (χ0v) is 12.7. The average Bonchev–Trinajstić information content (AvgIpc) is 2.50. The second-order valence-corrected chi connectivity index (χ2v) is 4.29. The van der Waals surface area contributed by atoms with E-state index in [0.29, 0.717) is 13.1 Å². The van der Waals surface area contributed by atoms with E-state index in [4.69, 9.17) is 0 Å². The smallest absolute Gasteiger partial charge is 0.191 e. The second-order valence-electron chi connectivity index (χ2n) is 4.29. The van der Waals surface area contributed by atoms with Gasteiger partial charge in [0.05, 0.1) is 0 Å². The molecule has 20 heavy (non-hydrogen) atoms. The standard InChI is InChI=1S/C15H25N5/c1-5-10-17-15(16-4)19-12-13-8-9-14(18-11-13)20(6-2)7-3/h5,8-9,11H,1,6-7,10,12H2,2-4H3,(H2,16,17,19). The predicted molar refractivity (Wildman–Crippen MR) is 86.2 cm³/mol. The molecule has 0 amide bonds. The number of pyridine rings is 1. The summed E-state index contributed by atoms with van der Waals surface area (Å²) >= 11 is 0. The lowest BCUT2D eigenvalue weighted by molar-refractivity contribution is 0.827. The largest absolute Gasteiger partial charge is 0.357 e. The summed E-state index contributed by atoms with van der Waals surface area (Å²) in [5, 5.41) is 6.36. The van der Waals surface area contributed by atoms with Gasteiger partial charge in [-0.3, -0.25) is 4.99 Å². The molecule has 0 fully saturated rings. The number of guanidine groups is 1. The number of anilines is 1. The molecule has 5 heteroatoms. The van der Waals surface area contributed by atoms with E-state index in [9.17, 15) is 0 Å². The first kappa shape index (κ1) is 16.0. The summed E-state index contributed by atoms with van der Waals surface area (Å²) in [6.07, 6.45) is 3.70. The second kappa shape index (κ2) is 8.96. The van der Waals surface area contributed by atoms with Crippen LogP contribution in [0.3, 0.4) is 0 Å². The van der Waals surface area contributed by atoms with E-state index in [1.807, 2.05) is 6.20 Å². The molecule has 0 saturated carbocycles. The number of aliphatic imine (C=N–C) groups is 1. The molecule has 110 valence electrons. The average molecular weight is 275 g/mol. The Labute approximate surface area is 121 Å². The van der Waals surface area contributed by atoms with E-state index in [0.717, 1.165) is 30.4 Å². The zero-order valence-electron chi connectivity index (χ0n) is 12.7. The lowest BCUT2D eigenvalue weighted by Crippen LogP contribution is -2.36. The molecule has 0 aliphatic carbocycles. The fraction of sp³-hybridized carbons (Fsp3) is 0.467. The molecule has 0 spiro atoms. The highest BCUT2D eigenvalue weighted by Gasteiger charge is 2.03. The Bertz CT molecular complexity index is 420. The summed E-state index contributed by atoms with van der Waals surface area (Å²) in [6.45, 7) is 11.3. The highest BCUT2D eigenvalue weighted by Crippen LogP contribution is 2.10. The maximum Gasteiger partial charge on any atom is 0.191 e. The van der Waals surface area contributed by atoms with Crippen LogP contribution in [0, 0.1) is 0 Å². The molecule has 0 aliphatic rings. The van der Waals surface area contributed by atoms with Crippen molar-refractivity contribution in [3.05, 3.63) is 36.5 Å². The van der Waals surface area contributed by atoms with Crippen molar-refractivity contribution in [2.75, 3.05) is 31.6 Å². The van der Waals surface area contributed by atoms with Crippen LogP contribution in [0.2, 0.25) is 0 Å². The molecule has 0 bridgehead atoms. The minimum Gasteiger partial charge on any atom is -0.357 e. The van der Waals surface area contributed by atoms with Crippen molar-refractivity contribution < 1.29 is 0 Å². The molecular formula is C15H25N5. The molecule has 1 rings (SSSR count). The molecule has 0 aromatic carbocycles. The topological polar surface area (TPSA) is 52.6 Å². The van der Waals surface area contributed by atoms with E-state index in [1.165, 1.54) is 0 Å². The molecule has 1 heterocycles. The summed E-state index contributed by atoms with van der Waals surface area (Å²) in [4.78, 5) is 10.9. The van der Waals surface area contributed by atoms with Crippen LogP contribution in [-0.2, 0) is 6.54 Å². The maximum atomic E-state index is 4.50. The third-order valence-corrected chi connectivity index (χ3v) is 2.99. The third-order valence-electron chi connectivity index (χ3n) is 2.99. The van der Waals surface area contributed by atoms with Crippen LogP contribution in [0.15, 0.2) is 36.0 Å². The van der Waals surface area contributed by atoms with E-state index < -0.39 is 0 Å². The summed E-state index contributed by atoms with van der Waals surface area (Å²) in [7, 11) is 1.75. The van der Waals surface area contributed by atoms with E-state index in [-0.39, 0.29) is 0 Å². The minimum atomic E-state index is 0.693.